The first-order valence-corrected chi connectivity index (χ1v) is 17.6. The third-order valence-corrected chi connectivity index (χ3v) is 9.16. The molecule has 0 aliphatic rings. The summed E-state index contributed by atoms with van der Waals surface area (Å²) >= 11 is 0. The summed E-state index contributed by atoms with van der Waals surface area (Å²) in [5.41, 5.74) is 8.87. The number of aryl methyl sites for hydroxylation is 1. The molecular weight excluding hydrogens is 647 g/mol. The lowest BCUT2D eigenvalue weighted by atomic mass is 9.91. The van der Waals surface area contributed by atoms with Crippen LogP contribution in [0.4, 0.5) is 0 Å². The van der Waals surface area contributed by atoms with E-state index in [1.807, 2.05) is 79.0 Å². The van der Waals surface area contributed by atoms with Crippen molar-refractivity contribution in [1.29, 1.82) is 5.41 Å². The molecule has 4 nitrogen and oxygen atoms in total. The molecule has 0 aliphatic carbocycles. The maximum absolute atomic E-state index is 6.43. The third-order valence-electron chi connectivity index (χ3n) is 9.16. The molecule has 53 heavy (non-hydrogen) atoms. The van der Waals surface area contributed by atoms with Gasteiger partial charge in [-0.2, -0.15) is 0 Å². The fraction of sp³-hybridized carbons (Fsp3) is 0.0408. The van der Waals surface area contributed by atoms with E-state index in [-0.39, 0.29) is 0 Å². The lowest BCUT2D eigenvalue weighted by Gasteiger charge is -2.13. The Balaban J connectivity index is 0.00000214. The Labute approximate surface area is 311 Å². The number of benzene rings is 8. The molecule has 0 radical (unpaired) electrons. The van der Waals surface area contributed by atoms with Gasteiger partial charge in [-0.1, -0.05) is 146 Å². The monoisotopic (exact) mass is 685 g/mol. The smallest absolute Gasteiger partial charge is 0.154 e. The molecule has 8 aromatic rings. The molecule has 0 aliphatic heterocycles. The Bertz CT molecular complexity index is 2560. The Kier molecular flexibility index (Phi) is 10.7. The van der Waals surface area contributed by atoms with Crippen LogP contribution in [-0.2, 0) is 6.54 Å². The second kappa shape index (κ2) is 16.4. The first-order chi connectivity index (χ1) is 26.2. The van der Waals surface area contributed by atoms with Gasteiger partial charge in [0.15, 0.2) is 5.84 Å². The van der Waals surface area contributed by atoms with E-state index in [4.69, 9.17) is 20.1 Å². The zero-order valence-electron chi connectivity index (χ0n) is 29.6. The SMILES string of the molecule is C=N.Cc1cc(-c2cccc(-c3cc4ccccc4c4ccccc34)c2)ccc1Oc1cccc(C=NC(=NCc2ccccc2)c2ccccc2)c1. The minimum absolute atomic E-state index is 0.561. The molecule has 0 amide bonds. The van der Waals surface area contributed by atoms with Gasteiger partial charge in [-0.3, -0.25) is 4.99 Å². The topological polar surface area (TPSA) is 57.8 Å². The van der Waals surface area contributed by atoms with Crippen molar-refractivity contribution in [3.63, 3.8) is 0 Å². The van der Waals surface area contributed by atoms with Gasteiger partial charge in [0.25, 0.3) is 0 Å². The number of aliphatic imine (C=N–C) groups is 2. The van der Waals surface area contributed by atoms with Crippen molar-refractivity contribution in [2.24, 2.45) is 9.98 Å². The fourth-order valence-electron chi connectivity index (χ4n) is 6.57. The van der Waals surface area contributed by atoms with Gasteiger partial charge >= 0.3 is 0 Å². The summed E-state index contributed by atoms with van der Waals surface area (Å²) in [4.78, 5) is 9.67. The molecule has 0 spiro atoms. The maximum Gasteiger partial charge on any atom is 0.154 e. The summed E-state index contributed by atoms with van der Waals surface area (Å²) in [5.74, 6) is 2.26. The van der Waals surface area contributed by atoms with E-state index in [9.17, 15) is 0 Å². The molecular formula is C49H39N3O. The van der Waals surface area contributed by atoms with Gasteiger partial charge < -0.3 is 10.1 Å². The van der Waals surface area contributed by atoms with Crippen LogP contribution in [-0.4, -0.2) is 18.8 Å². The molecule has 0 bridgehead atoms. The quantitative estimate of drug-likeness (QED) is 0.0966. The highest BCUT2D eigenvalue weighted by Gasteiger charge is 2.11. The first-order valence-electron chi connectivity index (χ1n) is 17.6. The summed E-state index contributed by atoms with van der Waals surface area (Å²) in [5, 5.41) is 10.6. The average molecular weight is 686 g/mol. The van der Waals surface area contributed by atoms with Gasteiger partial charge in [-0.15, -0.1) is 0 Å². The lowest BCUT2D eigenvalue weighted by Crippen LogP contribution is -1.99. The van der Waals surface area contributed by atoms with Gasteiger partial charge in [0.1, 0.15) is 11.5 Å². The summed E-state index contributed by atoms with van der Waals surface area (Å²) < 4.78 is 6.43. The van der Waals surface area contributed by atoms with Crippen LogP contribution >= 0.6 is 0 Å². The van der Waals surface area contributed by atoms with E-state index in [0.717, 1.165) is 39.3 Å². The van der Waals surface area contributed by atoms with Crippen molar-refractivity contribution < 1.29 is 4.74 Å². The van der Waals surface area contributed by atoms with E-state index >= 15 is 0 Å². The second-order valence-corrected chi connectivity index (χ2v) is 12.7. The van der Waals surface area contributed by atoms with Crippen LogP contribution in [0.5, 0.6) is 11.5 Å². The number of ether oxygens (including phenoxy) is 1. The highest BCUT2D eigenvalue weighted by atomic mass is 16.5. The minimum Gasteiger partial charge on any atom is -0.457 e. The maximum atomic E-state index is 6.43. The van der Waals surface area contributed by atoms with Crippen LogP contribution in [0.2, 0.25) is 0 Å². The fourth-order valence-corrected chi connectivity index (χ4v) is 6.57. The average Bonchev–Trinajstić information content (AvgIpc) is 3.23. The molecule has 0 saturated carbocycles. The molecule has 8 aromatic carbocycles. The third kappa shape index (κ3) is 8.03. The van der Waals surface area contributed by atoms with Crippen molar-refractivity contribution >= 4 is 40.3 Å². The number of nitrogens with zero attached hydrogens (tertiary/aromatic N) is 2. The van der Waals surface area contributed by atoms with E-state index in [1.165, 1.54) is 38.2 Å². The number of nitrogens with one attached hydrogen (secondary N) is 1. The number of hydrogen-bond donors (Lipinski definition) is 1. The van der Waals surface area contributed by atoms with Gasteiger partial charge in [0.05, 0.1) is 6.54 Å². The molecule has 4 heteroatoms. The summed E-state index contributed by atoms with van der Waals surface area (Å²) in [6.07, 6.45) is 1.85. The van der Waals surface area contributed by atoms with Crippen molar-refractivity contribution in [1.82, 2.24) is 0 Å². The Hall–Kier alpha value is -6.91. The van der Waals surface area contributed by atoms with Crippen LogP contribution in [0.15, 0.2) is 192 Å². The van der Waals surface area contributed by atoms with Crippen molar-refractivity contribution in [2.45, 2.75) is 13.5 Å². The van der Waals surface area contributed by atoms with Gasteiger partial charge in [-0.25, -0.2) is 4.99 Å². The lowest BCUT2D eigenvalue weighted by molar-refractivity contribution is 0.479. The number of hydrogen-bond acceptors (Lipinski definition) is 3. The van der Waals surface area contributed by atoms with Crippen LogP contribution in [0.25, 0.3) is 43.8 Å². The number of amidine groups is 1. The summed E-state index contributed by atoms with van der Waals surface area (Å²) in [6.45, 7) is 5.16. The summed E-state index contributed by atoms with van der Waals surface area (Å²) in [6, 6.07) is 63.2. The Morgan fingerprint density at radius 1 is 0.585 bits per heavy atom. The van der Waals surface area contributed by atoms with Crippen LogP contribution < -0.4 is 4.74 Å². The van der Waals surface area contributed by atoms with Gasteiger partial charge in [0.2, 0.25) is 0 Å². The van der Waals surface area contributed by atoms with Crippen LogP contribution in [0, 0.1) is 12.3 Å². The molecule has 0 aromatic heterocycles. The van der Waals surface area contributed by atoms with Gasteiger partial charge in [0, 0.05) is 11.8 Å². The van der Waals surface area contributed by atoms with E-state index in [1.54, 1.807) is 0 Å². The summed E-state index contributed by atoms with van der Waals surface area (Å²) in [7, 11) is 0. The van der Waals surface area contributed by atoms with E-state index in [0.29, 0.717) is 12.4 Å². The van der Waals surface area contributed by atoms with Crippen molar-refractivity contribution in [3.05, 3.63) is 204 Å². The minimum atomic E-state index is 0.561. The molecule has 1 N–H and O–H groups in total. The molecule has 0 heterocycles. The molecule has 8 rings (SSSR count). The van der Waals surface area contributed by atoms with E-state index in [2.05, 4.69) is 123 Å². The largest absolute Gasteiger partial charge is 0.457 e. The highest BCUT2D eigenvalue weighted by Crippen LogP contribution is 2.37. The van der Waals surface area contributed by atoms with Crippen LogP contribution in [0.1, 0.15) is 22.3 Å². The van der Waals surface area contributed by atoms with Crippen LogP contribution in [0.3, 0.4) is 0 Å². The predicted molar refractivity (Wildman–Crippen MR) is 224 cm³/mol. The normalized spacial score (nSPS) is 11.4. The zero-order chi connectivity index (χ0) is 36.4. The van der Waals surface area contributed by atoms with E-state index < -0.39 is 0 Å². The number of fused-ring (bicyclic) bond motifs is 3. The molecule has 0 unspecified atom stereocenters. The van der Waals surface area contributed by atoms with Crippen molar-refractivity contribution in [3.8, 4) is 33.8 Å². The first kappa shape index (κ1) is 34.5. The molecule has 0 saturated heterocycles. The molecule has 0 fully saturated rings. The number of rotatable bonds is 8. The van der Waals surface area contributed by atoms with Gasteiger partial charge in [-0.05, 0) is 111 Å². The standard InChI is InChI=1S/C48H36N2O.CH3N/c1-34-28-39(38-20-13-21-40(30-38)46-31-41-19-8-9-23-43(41)44-24-10-11-25-45(44)46)26-27-47(34)51-42-22-12-16-36(29-42)33-50-48(37-17-6-3-7-18-37)49-32-35-14-4-2-5-15-35;1-2/h2-31,33H,32H2,1H3;2H,1H2. The predicted octanol–water partition coefficient (Wildman–Crippen LogP) is 12.8. The second-order valence-electron chi connectivity index (χ2n) is 12.7. The highest BCUT2D eigenvalue weighted by molar-refractivity contribution is 6.14. The molecule has 0 atom stereocenters. The molecule has 256 valence electrons. The van der Waals surface area contributed by atoms with Crippen molar-refractivity contribution in [2.75, 3.05) is 0 Å². The Morgan fingerprint density at radius 2 is 1.25 bits per heavy atom. The zero-order valence-corrected chi connectivity index (χ0v) is 29.6. The Morgan fingerprint density at radius 3 is 2.04 bits per heavy atom.